The number of benzene rings is 2. The van der Waals surface area contributed by atoms with Gasteiger partial charge in [0.25, 0.3) is 11.8 Å². The maximum absolute atomic E-state index is 13.7. The number of hydrazone groups is 1. The second kappa shape index (κ2) is 9.26. The number of anilines is 2. The van der Waals surface area contributed by atoms with Crippen LogP contribution in [-0.2, 0) is 25.5 Å². The summed E-state index contributed by atoms with van der Waals surface area (Å²) < 4.78 is 54.5. The van der Waals surface area contributed by atoms with Crippen molar-refractivity contribution in [1.82, 2.24) is 3.97 Å². The number of nitrogens with one attached hydrogen (secondary N) is 1. The van der Waals surface area contributed by atoms with Crippen LogP contribution in [0.1, 0.15) is 32.8 Å². The first-order valence-corrected chi connectivity index (χ1v) is 13.6. The summed E-state index contributed by atoms with van der Waals surface area (Å²) in [6.45, 7) is 3.96. The maximum Gasteiger partial charge on any atom is 0.270 e. The second-order valence-corrected chi connectivity index (χ2v) is 12.2. The summed E-state index contributed by atoms with van der Waals surface area (Å²) >= 11 is 0. The average Bonchev–Trinajstić information content (AvgIpc) is 3.44. The Hall–Kier alpha value is -4.12. The summed E-state index contributed by atoms with van der Waals surface area (Å²) in [6, 6.07) is 11.7. The highest BCUT2D eigenvalue weighted by molar-refractivity contribution is 7.91. The number of nitrogens with zero attached hydrogens (tertiary/aromatic N) is 3. The first kappa shape index (κ1) is 26.5. The van der Waals surface area contributed by atoms with Crippen molar-refractivity contribution >= 4 is 49.8 Å². The van der Waals surface area contributed by atoms with E-state index in [-0.39, 0.29) is 17.0 Å². The first-order valence-electron chi connectivity index (χ1n) is 12.2. The standard InChI is InChI=1S/C28H26F2N4O4S/c1-18-24(25(35)31-21-9-7-8-20(17-21)28(3,29)30)26(36)34(32-18)22-10-11-23-19(16-22)12-15-33(23)39(37,38)27(2)13-5-4-6-14-27/h4-13,15-17,24H,14H2,1-3H3,(H,31,35). The van der Waals surface area contributed by atoms with E-state index in [9.17, 15) is 26.8 Å². The highest BCUT2D eigenvalue weighted by atomic mass is 32.2. The van der Waals surface area contributed by atoms with Crippen LogP contribution in [0.25, 0.3) is 10.9 Å². The molecule has 2 aromatic carbocycles. The molecule has 0 radical (unpaired) electrons. The van der Waals surface area contributed by atoms with Crippen molar-refractivity contribution in [3.05, 3.63) is 84.6 Å². The third kappa shape index (κ3) is 4.56. The molecule has 0 saturated heterocycles. The van der Waals surface area contributed by atoms with Crippen LogP contribution in [0, 0.1) is 5.92 Å². The number of alkyl halides is 2. The van der Waals surface area contributed by atoms with E-state index >= 15 is 0 Å². The monoisotopic (exact) mass is 552 g/mol. The second-order valence-electron chi connectivity index (χ2n) is 9.95. The van der Waals surface area contributed by atoms with E-state index < -0.39 is 38.4 Å². The lowest BCUT2D eigenvalue weighted by molar-refractivity contribution is -0.127. The molecular weight excluding hydrogens is 526 g/mol. The van der Waals surface area contributed by atoms with Crippen molar-refractivity contribution in [3.63, 3.8) is 0 Å². The van der Waals surface area contributed by atoms with Gasteiger partial charge in [0.15, 0.2) is 5.92 Å². The van der Waals surface area contributed by atoms with Gasteiger partial charge in [0.1, 0.15) is 4.75 Å². The van der Waals surface area contributed by atoms with Crippen molar-refractivity contribution in [1.29, 1.82) is 0 Å². The fourth-order valence-electron chi connectivity index (χ4n) is 4.71. The van der Waals surface area contributed by atoms with Gasteiger partial charge in [0.2, 0.25) is 15.9 Å². The fraction of sp³-hybridized carbons (Fsp3) is 0.250. The number of halogens is 2. The Morgan fingerprint density at radius 1 is 1.15 bits per heavy atom. The van der Waals surface area contributed by atoms with Crippen LogP contribution in [0.15, 0.2) is 84.1 Å². The zero-order valence-electron chi connectivity index (χ0n) is 21.4. The molecule has 202 valence electrons. The van der Waals surface area contributed by atoms with Crippen LogP contribution in [0.2, 0.25) is 0 Å². The smallest absolute Gasteiger partial charge is 0.270 e. The maximum atomic E-state index is 13.7. The Kier molecular flexibility index (Phi) is 6.29. The normalized spacial score (nSPS) is 21.5. The summed E-state index contributed by atoms with van der Waals surface area (Å²) in [5.41, 5.74) is 0.907. The molecule has 11 heteroatoms. The number of amides is 2. The first-order chi connectivity index (χ1) is 18.3. The minimum Gasteiger partial charge on any atom is -0.325 e. The Bertz CT molecular complexity index is 1700. The predicted molar refractivity (Wildman–Crippen MR) is 146 cm³/mol. The SMILES string of the molecule is CC1=NN(c2ccc3c(ccn3S(=O)(=O)C3(C)C=CC=CC3)c2)C(=O)C1C(=O)Nc1cccc(C(C)(F)F)c1. The number of carbonyl (C=O) groups excluding carboxylic acids is 2. The Morgan fingerprint density at radius 3 is 2.62 bits per heavy atom. The minimum atomic E-state index is -3.79. The third-order valence-corrected chi connectivity index (χ3v) is 9.30. The molecule has 0 spiro atoms. The van der Waals surface area contributed by atoms with E-state index in [0.717, 1.165) is 18.0 Å². The van der Waals surface area contributed by atoms with Crippen molar-refractivity contribution in [2.75, 3.05) is 10.3 Å². The van der Waals surface area contributed by atoms with Crippen LogP contribution in [0.3, 0.4) is 0 Å². The minimum absolute atomic E-state index is 0.138. The number of hydrogen-bond acceptors (Lipinski definition) is 5. The number of allylic oxidation sites excluding steroid dienone is 3. The molecule has 8 nitrogen and oxygen atoms in total. The molecule has 1 aliphatic heterocycles. The van der Waals surface area contributed by atoms with Crippen LogP contribution < -0.4 is 10.3 Å². The molecule has 2 amide bonds. The van der Waals surface area contributed by atoms with E-state index in [0.29, 0.717) is 23.0 Å². The van der Waals surface area contributed by atoms with Gasteiger partial charge >= 0.3 is 0 Å². The predicted octanol–water partition coefficient (Wildman–Crippen LogP) is 5.18. The molecule has 3 aromatic rings. The van der Waals surface area contributed by atoms with E-state index in [1.165, 1.54) is 35.3 Å². The fourth-order valence-corrected chi connectivity index (χ4v) is 6.36. The van der Waals surface area contributed by atoms with Gasteiger partial charge in [-0.3, -0.25) is 9.59 Å². The highest BCUT2D eigenvalue weighted by Gasteiger charge is 2.41. The topological polar surface area (TPSA) is 101 Å². The lowest BCUT2D eigenvalue weighted by Crippen LogP contribution is -2.37. The Balaban J connectivity index is 1.39. The van der Waals surface area contributed by atoms with Gasteiger partial charge in [-0.2, -0.15) is 10.1 Å². The molecule has 2 unspecified atom stereocenters. The number of carbonyl (C=O) groups is 2. The summed E-state index contributed by atoms with van der Waals surface area (Å²) in [6.07, 6.45) is 8.81. The quantitative estimate of drug-likeness (QED) is 0.426. The lowest BCUT2D eigenvalue weighted by Gasteiger charge is -2.27. The number of fused-ring (bicyclic) bond motifs is 1. The molecule has 39 heavy (non-hydrogen) atoms. The van der Waals surface area contributed by atoms with Crippen molar-refractivity contribution in [2.45, 2.75) is 37.9 Å². The van der Waals surface area contributed by atoms with Crippen LogP contribution in [0.4, 0.5) is 20.2 Å². The van der Waals surface area contributed by atoms with Gasteiger partial charge < -0.3 is 5.32 Å². The lowest BCUT2D eigenvalue weighted by atomic mass is 10.0. The molecule has 0 bridgehead atoms. The number of aromatic nitrogens is 1. The molecule has 2 atom stereocenters. The molecule has 0 fully saturated rings. The highest BCUT2D eigenvalue weighted by Crippen LogP contribution is 2.34. The molecule has 5 rings (SSSR count). The molecular formula is C28H26F2N4O4S. The Morgan fingerprint density at radius 2 is 1.92 bits per heavy atom. The van der Waals surface area contributed by atoms with Crippen molar-refractivity contribution in [2.24, 2.45) is 11.0 Å². The third-order valence-electron chi connectivity index (χ3n) is 6.98. The van der Waals surface area contributed by atoms with E-state index in [4.69, 9.17) is 0 Å². The Labute approximate surface area is 224 Å². The van der Waals surface area contributed by atoms with Gasteiger partial charge in [0.05, 0.1) is 16.9 Å². The zero-order chi connectivity index (χ0) is 28.2. The van der Waals surface area contributed by atoms with E-state index in [1.54, 1.807) is 49.4 Å². The van der Waals surface area contributed by atoms with Crippen LogP contribution in [0.5, 0.6) is 0 Å². The molecule has 2 aliphatic rings. The summed E-state index contributed by atoms with van der Waals surface area (Å²) in [5, 5.41) is 8.46. The van der Waals surface area contributed by atoms with Crippen LogP contribution >= 0.6 is 0 Å². The average molecular weight is 553 g/mol. The van der Waals surface area contributed by atoms with Gasteiger partial charge in [-0.15, -0.1) is 0 Å². The molecule has 1 N–H and O–H groups in total. The zero-order valence-corrected chi connectivity index (χ0v) is 22.2. The molecule has 0 saturated carbocycles. The van der Waals surface area contributed by atoms with Crippen molar-refractivity contribution < 1.29 is 26.8 Å². The van der Waals surface area contributed by atoms with Gasteiger partial charge in [-0.25, -0.2) is 21.2 Å². The number of rotatable bonds is 6. The molecule has 1 aromatic heterocycles. The molecule has 1 aliphatic carbocycles. The largest absolute Gasteiger partial charge is 0.325 e. The van der Waals surface area contributed by atoms with E-state index in [2.05, 4.69) is 10.4 Å². The van der Waals surface area contributed by atoms with E-state index in [1.807, 2.05) is 6.08 Å². The summed E-state index contributed by atoms with van der Waals surface area (Å²) in [7, 11) is -3.79. The van der Waals surface area contributed by atoms with Gasteiger partial charge in [0, 0.05) is 29.8 Å². The van der Waals surface area contributed by atoms with Crippen molar-refractivity contribution in [3.8, 4) is 0 Å². The number of hydrogen-bond donors (Lipinski definition) is 1. The van der Waals surface area contributed by atoms with Gasteiger partial charge in [-0.05, 0) is 56.7 Å². The summed E-state index contributed by atoms with van der Waals surface area (Å²) in [4.78, 5) is 26.2. The van der Waals surface area contributed by atoms with Crippen LogP contribution in [-0.4, -0.2) is 34.7 Å². The molecule has 2 heterocycles. The van der Waals surface area contributed by atoms with Gasteiger partial charge in [-0.1, -0.05) is 36.4 Å². The summed E-state index contributed by atoms with van der Waals surface area (Å²) in [5.74, 6) is -5.64.